The van der Waals surface area contributed by atoms with Crippen molar-refractivity contribution in [2.24, 2.45) is 5.41 Å². The van der Waals surface area contributed by atoms with Gasteiger partial charge in [-0.15, -0.1) is 0 Å². The maximum absolute atomic E-state index is 11.4. The molecule has 1 aliphatic rings. The summed E-state index contributed by atoms with van der Waals surface area (Å²) >= 11 is 3.25. The molecule has 0 spiro atoms. The molecule has 0 aromatic heterocycles. The fourth-order valence-corrected chi connectivity index (χ4v) is 2.18. The van der Waals surface area contributed by atoms with Gasteiger partial charge < -0.3 is 5.11 Å². The predicted molar refractivity (Wildman–Crippen MR) is 52.0 cm³/mol. The van der Waals surface area contributed by atoms with Gasteiger partial charge >= 0.3 is 5.97 Å². The van der Waals surface area contributed by atoms with E-state index in [1.165, 1.54) is 0 Å². The van der Waals surface area contributed by atoms with Gasteiger partial charge in [0.15, 0.2) is 0 Å². The molecule has 1 aliphatic carbocycles. The van der Waals surface area contributed by atoms with Crippen molar-refractivity contribution in [2.75, 3.05) is 5.33 Å². The van der Waals surface area contributed by atoms with Crippen molar-refractivity contribution < 1.29 is 14.7 Å². The summed E-state index contributed by atoms with van der Waals surface area (Å²) in [5, 5.41) is 9.78. The van der Waals surface area contributed by atoms with Crippen molar-refractivity contribution in [2.45, 2.75) is 32.1 Å². The summed E-state index contributed by atoms with van der Waals surface area (Å²) in [6.07, 6.45) is 2.92. The van der Waals surface area contributed by atoms with Crippen LogP contribution in [0.2, 0.25) is 0 Å². The van der Waals surface area contributed by atoms with Crippen LogP contribution >= 0.6 is 15.9 Å². The number of halogens is 1. The van der Waals surface area contributed by atoms with E-state index in [1.54, 1.807) is 0 Å². The molecule has 0 aromatic carbocycles. The van der Waals surface area contributed by atoms with Crippen LogP contribution in [-0.2, 0) is 9.59 Å². The molecule has 1 rings (SSSR count). The first-order chi connectivity index (χ1) is 6.13. The monoisotopic (exact) mass is 248 g/mol. The third-order valence-corrected chi connectivity index (χ3v) is 3.25. The number of ketones is 1. The Balaban J connectivity index is 2.74. The zero-order valence-corrected chi connectivity index (χ0v) is 8.97. The van der Waals surface area contributed by atoms with E-state index >= 15 is 0 Å². The Morgan fingerprint density at radius 1 is 1.62 bits per heavy atom. The maximum Gasteiger partial charge on any atom is 0.317 e. The molecule has 1 fully saturated rings. The Morgan fingerprint density at radius 2 is 2.31 bits per heavy atom. The number of hydrogen-bond donors (Lipinski definition) is 1. The quantitative estimate of drug-likeness (QED) is 0.612. The number of hydrogen-bond acceptors (Lipinski definition) is 2. The highest BCUT2D eigenvalue weighted by molar-refractivity contribution is 9.09. The molecule has 0 aliphatic heterocycles. The lowest BCUT2D eigenvalue weighted by molar-refractivity contribution is -0.153. The maximum atomic E-state index is 11.4. The van der Waals surface area contributed by atoms with E-state index in [1.807, 2.05) is 0 Å². The lowest BCUT2D eigenvalue weighted by Crippen LogP contribution is -2.35. The highest BCUT2D eigenvalue weighted by Crippen LogP contribution is 2.39. The summed E-state index contributed by atoms with van der Waals surface area (Å²) in [5.41, 5.74) is -1.05. The van der Waals surface area contributed by atoms with Crippen molar-refractivity contribution >= 4 is 27.7 Å². The van der Waals surface area contributed by atoms with Gasteiger partial charge in [0.25, 0.3) is 0 Å². The molecule has 0 heterocycles. The van der Waals surface area contributed by atoms with E-state index in [0.717, 1.165) is 18.2 Å². The SMILES string of the molecule is O=C(O)[C@]1(CCCBr)CCCC1=O. The summed E-state index contributed by atoms with van der Waals surface area (Å²) in [7, 11) is 0. The van der Waals surface area contributed by atoms with Gasteiger partial charge in [-0.1, -0.05) is 15.9 Å². The Morgan fingerprint density at radius 3 is 2.69 bits per heavy atom. The fourth-order valence-electron chi connectivity index (χ4n) is 1.90. The molecular formula is C9H13BrO3. The molecule has 0 radical (unpaired) electrons. The van der Waals surface area contributed by atoms with Crippen molar-refractivity contribution in [3.05, 3.63) is 0 Å². The van der Waals surface area contributed by atoms with Crippen LogP contribution in [0.4, 0.5) is 0 Å². The Kier molecular flexibility index (Phi) is 3.47. The first-order valence-electron chi connectivity index (χ1n) is 4.46. The van der Waals surface area contributed by atoms with E-state index in [2.05, 4.69) is 15.9 Å². The number of Topliss-reactive ketones (excluding diaryl/α,β-unsaturated/α-hetero) is 1. The summed E-state index contributed by atoms with van der Waals surface area (Å²) < 4.78 is 0. The topological polar surface area (TPSA) is 54.4 Å². The third-order valence-electron chi connectivity index (χ3n) is 2.69. The molecule has 0 saturated heterocycles. The number of rotatable bonds is 4. The summed E-state index contributed by atoms with van der Waals surface area (Å²) in [6, 6.07) is 0. The Hall–Kier alpha value is -0.380. The lowest BCUT2D eigenvalue weighted by Gasteiger charge is -2.21. The molecule has 3 nitrogen and oxygen atoms in total. The van der Waals surface area contributed by atoms with Crippen LogP contribution < -0.4 is 0 Å². The molecule has 1 N–H and O–H groups in total. The van der Waals surface area contributed by atoms with Crippen LogP contribution in [-0.4, -0.2) is 22.2 Å². The van der Waals surface area contributed by atoms with Crippen LogP contribution in [0.3, 0.4) is 0 Å². The third kappa shape index (κ3) is 1.93. The largest absolute Gasteiger partial charge is 0.480 e. The molecule has 0 amide bonds. The number of carboxylic acid groups (broad SMARTS) is 1. The first kappa shape index (κ1) is 10.7. The number of alkyl halides is 1. The fraction of sp³-hybridized carbons (Fsp3) is 0.778. The van der Waals surface area contributed by atoms with Gasteiger partial charge in [-0.3, -0.25) is 9.59 Å². The molecule has 0 aromatic rings. The normalized spacial score (nSPS) is 27.9. The highest BCUT2D eigenvalue weighted by Gasteiger charge is 2.47. The molecule has 1 atom stereocenters. The van der Waals surface area contributed by atoms with Gasteiger partial charge in [0.1, 0.15) is 11.2 Å². The molecule has 1 saturated carbocycles. The predicted octanol–water partition coefficient (Wildman–Crippen LogP) is 1.99. The summed E-state index contributed by atoms with van der Waals surface area (Å²) in [6.45, 7) is 0. The number of carbonyl (C=O) groups excluding carboxylic acids is 1. The van der Waals surface area contributed by atoms with Crippen molar-refractivity contribution in [3.63, 3.8) is 0 Å². The van der Waals surface area contributed by atoms with Gasteiger partial charge in [-0.05, 0) is 25.7 Å². The lowest BCUT2D eigenvalue weighted by atomic mass is 9.81. The zero-order chi connectivity index (χ0) is 9.90. The first-order valence-corrected chi connectivity index (χ1v) is 5.58. The molecule has 13 heavy (non-hydrogen) atoms. The van der Waals surface area contributed by atoms with Gasteiger partial charge in [-0.25, -0.2) is 0 Å². The number of carboxylic acids is 1. The van der Waals surface area contributed by atoms with E-state index in [4.69, 9.17) is 5.11 Å². The summed E-state index contributed by atoms with van der Waals surface area (Å²) in [5.74, 6) is -1.02. The van der Waals surface area contributed by atoms with Crippen LogP contribution in [0.15, 0.2) is 0 Å². The molecule has 4 heteroatoms. The van der Waals surface area contributed by atoms with E-state index in [-0.39, 0.29) is 5.78 Å². The van der Waals surface area contributed by atoms with Crippen LogP contribution in [0, 0.1) is 5.41 Å². The average molecular weight is 249 g/mol. The van der Waals surface area contributed by atoms with E-state index in [9.17, 15) is 9.59 Å². The van der Waals surface area contributed by atoms with Gasteiger partial charge in [0, 0.05) is 11.8 Å². The summed E-state index contributed by atoms with van der Waals surface area (Å²) in [4.78, 5) is 22.5. The van der Waals surface area contributed by atoms with Gasteiger partial charge in [-0.2, -0.15) is 0 Å². The van der Waals surface area contributed by atoms with Crippen molar-refractivity contribution in [3.8, 4) is 0 Å². The van der Waals surface area contributed by atoms with Crippen molar-refractivity contribution in [1.82, 2.24) is 0 Å². The second kappa shape index (κ2) is 4.22. The zero-order valence-electron chi connectivity index (χ0n) is 7.38. The van der Waals surface area contributed by atoms with Crippen LogP contribution in [0.25, 0.3) is 0 Å². The average Bonchev–Trinajstić information content (AvgIpc) is 2.45. The number of aliphatic carboxylic acids is 1. The van der Waals surface area contributed by atoms with Crippen LogP contribution in [0.5, 0.6) is 0 Å². The minimum atomic E-state index is -1.05. The molecule has 0 unspecified atom stereocenters. The second-order valence-corrected chi connectivity index (χ2v) is 4.25. The van der Waals surface area contributed by atoms with Gasteiger partial charge in [0.05, 0.1) is 0 Å². The molecule has 74 valence electrons. The highest BCUT2D eigenvalue weighted by atomic mass is 79.9. The van der Waals surface area contributed by atoms with E-state index < -0.39 is 11.4 Å². The molecule has 0 bridgehead atoms. The minimum absolute atomic E-state index is 0.0825. The molecular weight excluding hydrogens is 236 g/mol. The Labute approximate surface area is 85.6 Å². The van der Waals surface area contributed by atoms with Gasteiger partial charge in [0.2, 0.25) is 0 Å². The number of carbonyl (C=O) groups is 2. The Bertz CT molecular complexity index is 227. The standard InChI is InChI=1S/C9H13BrO3/c10-6-2-5-9(8(12)13)4-1-3-7(9)11/h1-6H2,(H,12,13)/t9-/m0/s1. The smallest absolute Gasteiger partial charge is 0.317 e. The minimum Gasteiger partial charge on any atom is -0.480 e. The van der Waals surface area contributed by atoms with Crippen LogP contribution in [0.1, 0.15) is 32.1 Å². The van der Waals surface area contributed by atoms with Crippen molar-refractivity contribution in [1.29, 1.82) is 0 Å². The van der Waals surface area contributed by atoms with E-state index in [0.29, 0.717) is 19.3 Å². The second-order valence-electron chi connectivity index (χ2n) is 3.46.